The highest BCUT2D eigenvalue weighted by molar-refractivity contribution is 7.12. The predicted molar refractivity (Wildman–Crippen MR) is 112 cm³/mol. The van der Waals surface area contributed by atoms with E-state index in [4.69, 9.17) is 13.9 Å². The number of hydrogen-bond acceptors (Lipinski definition) is 7. The lowest BCUT2D eigenvalue weighted by molar-refractivity contribution is -0.136. The van der Waals surface area contributed by atoms with E-state index in [1.807, 2.05) is 5.38 Å². The zero-order valence-corrected chi connectivity index (χ0v) is 16.3. The third-order valence-corrected chi connectivity index (χ3v) is 4.91. The van der Waals surface area contributed by atoms with E-state index in [-0.39, 0.29) is 12.5 Å². The first-order valence-corrected chi connectivity index (χ1v) is 9.77. The Morgan fingerprint density at radius 3 is 2.50 bits per heavy atom. The molecule has 0 spiro atoms. The van der Waals surface area contributed by atoms with Crippen LogP contribution in [0.15, 0.2) is 81.3 Å². The maximum atomic E-state index is 12.0. The molecule has 1 amide bonds. The maximum absolute atomic E-state index is 12.0. The van der Waals surface area contributed by atoms with Gasteiger partial charge in [-0.25, -0.2) is 9.59 Å². The lowest BCUT2D eigenvalue weighted by Crippen LogP contribution is -2.17. The largest absolute Gasteiger partial charge is 0.482 e. The highest BCUT2D eigenvalue weighted by Gasteiger charge is 2.09. The molecule has 0 atom stereocenters. The summed E-state index contributed by atoms with van der Waals surface area (Å²) in [5, 5.41) is 5.34. The van der Waals surface area contributed by atoms with Crippen molar-refractivity contribution in [3.05, 3.63) is 87.4 Å². The van der Waals surface area contributed by atoms with Gasteiger partial charge in [0.1, 0.15) is 17.1 Å². The summed E-state index contributed by atoms with van der Waals surface area (Å²) in [7, 11) is 0. The molecule has 8 heteroatoms. The summed E-state index contributed by atoms with van der Waals surface area (Å²) in [5.41, 5.74) is 0.491. The molecule has 30 heavy (non-hydrogen) atoms. The van der Waals surface area contributed by atoms with Gasteiger partial charge in [0, 0.05) is 23.2 Å². The van der Waals surface area contributed by atoms with Crippen LogP contribution in [0, 0.1) is 0 Å². The number of anilines is 1. The van der Waals surface area contributed by atoms with Crippen molar-refractivity contribution in [2.45, 2.75) is 0 Å². The number of thiophene rings is 1. The standard InChI is InChI=1S/C22H15NO6S/c24-20-10-4-14-3-7-17(12-18(14)29-20)27-13-21(25)28-16-8-5-15(6-9-16)23-22(26)19-2-1-11-30-19/h1-12H,13H2,(H,23,26). The van der Waals surface area contributed by atoms with Crippen LogP contribution in [0.1, 0.15) is 9.67 Å². The minimum Gasteiger partial charge on any atom is -0.482 e. The maximum Gasteiger partial charge on any atom is 0.349 e. The third kappa shape index (κ3) is 4.73. The van der Waals surface area contributed by atoms with E-state index in [1.54, 1.807) is 54.6 Å². The van der Waals surface area contributed by atoms with Crippen molar-refractivity contribution in [2.24, 2.45) is 0 Å². The van der Waals surface area contributed by atoms with E-state index in [1.165, 1.54) is 23.5 Å². The van der Waals surface area contributed by atoms with Gasteiger partial charge in [-0.15, -0.1) is 11.3 Å². The SMILES string of the molecule is O=C(COc1ccc2ccc(=O)oc2c1)Oc1ccc(NC(=O)c2cccs2)cc1. The zero-order chi connectivity index (χ0) is 20.9. The van der Waals surface area contributed by atoms with Gasteiger partial charge >= 0.3 is 11.6 Å². The van der Waals surface area contributed by atoms with Crippen molar-refractivity contribution in [1.82, 2.24) is 0 Å². The van der Waals surface area contributed by atoms with Gasteiger partial charge in [-0.05, 0) is 53.9 Å². The second-order valence-corrected chi connectivity index (χ2v) is 7.12. The minimum absolute atomic E-state index is 0.200. The number of esters is 1. The first-order valence-electron chi connectivity index (χ1n) is 8.89. The van der Waals surface area contributed by atoms with Gasteiger partial charge in [0.2, 0.25) is 0 Å². The predicted octanol–water partition coefficient (Wildman–Crippen LogP) is 4.09. The number of nitrogens with one attached hydrogen (secondary N) is 1. The van der Waals surface area contributed by atoms with Crippen molar-refractivity contribution in [2.75, 3.05) is 11.9 Å². The van der Waals surface area contributed by atoms with Crippen LogP contribution < -0.4 is 20.4 Å². The summed E-state index contributed by atoms with van der Waals surface area (Å²) < 4.78 is 15.7. The molecule has 0 aliphatic heterocycles. The van der Waals surface area contributed by atoms with Crippen LogP contribution in [0.2, 0.25) is 0 Å². The molecule has 0 radical (unpaired) electrons. The second kappa shape index (κ2) is 8.62. The summed E-state index contributed by atoms with van der Waals surface area (Å²) in [6.45, 7) is -0.320. The van der Waals surface area contributed by atoms with Crippen molar-refractivity contribution < 1.29 is 23.5 Å². The summed E-state index contributed by atoms with van der Waals surface area (Å²) in [4.78, 5) is 36.0. The molecule has 0 aliphatic carbocycles. The Kier molecular flexibility index (Phi) is 5.58. The molecule has 0 saturated heterocycles. The molecule has 0 saturated carbocycles. The van der Waals surface area contributed by atoms with Crippen LogP contribution in [0.5, 0.6) is 11.5 Å². The molecule has 0 unspecified atom stereocenters. The summed E-state index contributed by atoms with van der Waals surface area (Å²) in [6, 6.07) is 17.9. The van der Waals surface area contributed by atoms with Gasteiger partial charge in [-0.3, -0.25) is 4.79 Å². The third-order valence-electron chi connectivity index (χ3n) is 4.04. The van der Waals surface area contributed by atoms with Gasteiger partial charge < -0.3 is 19.2 Å². The number of carbonyl (C=O) groups excluding carboxylic acids is 2. The Hall–Kier alpha value is -3.91. The van der Waals surface area contributed by atoms with Gasteiger partial charge in [0.15, 0.2) is 6.61 Å². The minimum atomic E-state index is -0.597. The normalized spacial score (nSPS) is 10.5. The highest BCUT2D eigenvalue weighted by Crippen LogP contribution is 2.20. The van der Waals surface area contributed by atoms with Gasteiger partial charge in [-0.2, -0.15) is 0 Å². The van der Waals surface area contributed by atoms with Crippen LogP contribution in [-0.4, -0.2) is 18.5 Å². The second-order valence-electron chi connectivity index (χ2n) is 6.17. The van der Waals surface area contributed by atoms with Gasteiger partial charge in [-0.1, -0.05) is 6.07 Å². The fourth-order valence-electron chi connectivity index (χ4n) is 2.64. The number of benzene rings is 2. The number of amides is 1. The van der Waals surface area contributed by atoms with E-state index in [0.717, 1.165) is 5.39 Å². The van der Waals surface area contributed by atoms with Crippen molar-refractivity contribution in [1.29, 1.82) is 0 Å². The topological polar surface area (TPSA) is 94.8 Å². The van der Waals surface area contributed by atoms with E-state index < -0.39 is 11.6 Å². The number of hydrogen-bond donors (Lipinski definition) is 1. The molecule has 4 aromatic rings. The molecule has 4 rings (SSSR count). The molecule has 0 bridgehead atoms. The van der Waals surface area contributed by atoms with Crippen LogP contribution in [-0.2, 0) is 4.79 Å². The number of carbonyl (C=O) groups is 2. The molecule has 2 aromatic heterocycles. The Balaban J connectivity index is 1.31. The van der Waals surface area contributed by atoms with Gasteiger partial charge in [0.05, 0.1) is 4.88 Å². The molecule has 0 aliphatic rings. The molecular formula is C22H15NO6S. The number of rotatable bonds is 6. The van der Waals surface area contributed by atoms with E-state index in [9.17, 15) is 14.4 Å². The van der Waals surface area contributed by atoms with Crippen molar-refractivity contribution in [3.8, 4) is 11.5 Å². The van der Waals surface area contributed by atoms with Crippen molar-refractivity contribution in [3.63, 3.8) is 0 Å². The van der Waals surface area contributed by atoms with Crippen LogP contribution in [0.4, 0.5) is 5.69 Å². The van der Waals surface area contributed by atoms with Crippen LogP contribution in [0.3, 0.4) is 0 Å². The monoisotopic (exact) mass is 421 g/mol. The first kappa shape index (κ1) is 19.4. The average molecular weight is 421 g/mol. The average Bonchev–Trinajstić information content (AvgIpc) is 3.28. The number of ether oxygens (including phenoxy) is 2. The lowest BCUT2D eigenvalue weighted by Gasteiger charge is -2.08. The molecule has 7 nitrogen and oxygen atoms in total. The first-order chi connectivity index (χ1) is 14.6. The Labute approximate surface area is 174 Å². The van der Waals surface area contributed by atoms with Crippen LogP contribution >= 0.6 is 11.3 Å². The van der Waals surface area contributed by atoms with Gasteiger partial charge in [0.25, 0.3) is 5.91 Å². The lowest BCUT2D eigenvalue weighted by atomic mass is 10.2. The molecule has 2 aromatic carbocycles. The van der Waals surface area contributed by atoms with E-state index in [2.05, 4.69) is 5.32 Å². The van der Waals surface area contributed by atoms with Crippen LogP contribution in [0.25, 0.3) is 11.0 Å². The van der Waals surface area contributed by atoms with E-state index in [0.29, 0.717) is 27.6 Å². The summed E-state index contributed by atoms with van der Waals surface area (Å²) in [5.74, 6) is -0.1000. The molecule has 2 heterocycles. The van der Waals surface area contributed by atoms with Crippen molar-refractivity contribution >= 4 is 39.9 Å². The smallest absolute Gasteiger partial charge is 0.349 e. The number of fused-ring (bicyclic) bond motifs is 1. The molecular weight excluding hydrogens is 406 g/mol. The fourth-order valence-corrected chi connectivity index (χ4v) is 3.26. The Morgan fingerprint density at radius 2 is 1.73 bits per heavy atom. The molecule has 1 N–H and O–H groups in total. The van der Waals surface area contributed by atoms with E-state index >= 15 is 0 Å². The Morgan fingerprint density at radius 1 is 0.967 bits per heavy atom. The quantitative estimate of drug-likeness (QED) is 0.286. The molecule has 0 fully saturated rings. The molecule has 150 valence electrons. The summed E-state index contributed by atoms with van der Waals surface area (Å²) >= 11 is 1.35. The zero-order valence-electron chi connectivity index (χ0n) is 15.5. The fraction of sp³-hybridized carbons (Fsp3) is 0.0455. The summed E-state index contributed by atoms with van der Waals surface area (Å²) in [6.07, 6.45) is 0. The Bertz CT molecular complexity index is 1240. The highest BCUT2D eigenvalue weighted by atomic mass is 32.1.